The fourth-order valence-corrected chi connectivity index (χ4v) is 2.07. The number of hydrogen-bond donors (Lipinski definition) is 0. The average molecular weight is 207 g/mol. The number of likely N-dealkylation sites (tertiary alicyclic amines) is 1. The van der Waals surface area contributed by atoms with Gasteiger partial charge in [0.15, 0.2) is 6.29 Å². The van der Waals surface area contributed by atoms with Gasteiger partial charge in [0, 0.05) is 25.3 Å². The van der Waals surface area contributed by atoms with E-state index in [4.69, 9.17) is 0 Å². The van der Waals surface area contributed by atoms with Crippen molar-refractivity contribution >= 4 is 6.29 Å². The largest absolute Gasteiger partial charge is 0.299 e. The van der Waals surface area contributed by atoms with E-state index in [2.05, 4.69) is 23.8 Å². The van der Waals surface area contributed by atoms with Gasteiger partial charge in [0.05, 0.1) is 17.8 Å². The van der Waals surface area contributed by atoms with E-state index >= 15 is 0 Å². The normalized spacial score (nSPS) is 22.5. The van der Waals surface area contributed by atoms with E-state index in [-0.39, 0.29) is 0 Å². The number of carbonyl (C=O) groups excluding carboxylic acids is 1. The summed E-state index contributed by atoms with van der Waals surface area (Å²) in [4.78, 5) is 13.0. The summed E-state index contributed by atoms with van der Waals surface area (Å²) in [5.41, 5.74) is 0.665. The predicted molar refractivity (Wildman–Crippen MR) is 58.0 cm³/mol. The summed E-state index contributed by atoms with van der Waals surface area (Å²) in [6.45, 7) is 6.58. The lowest BCUT2D eigenvalue weighted by Crippen LogP contribution is -2.28. The van der Waals surface area contributed by atoms with Gasteiger partial charge >= 0.3 is 0 Å². The van der Waals surface area contributed by atoms with Crippen LogP contribution in [0.1, 0.15) is 36.7 Å². The van der Waals surface area contributed by atoms with E-state index < -0.39 is 0 Å². The summed E-state index contributed by atoms with van der Waals surface area (Å²) >= 11 is 0. The molecule has 1 aromatic rings. The van der Waals surface area contributed by atoms with Crippen molar-refractivity contribution in [1.29, 1.82) is 0 Å². The molecule has 1 unspecified atom stereocenters. The predicted octanol–water partition coefficient (Wildman–Crippen LogP) is 1.35. The molecule has 0 N–H and O–H groups in total. The van der Waals surface area contributed by atoms with Crippen LogP contribution < -0.4 is 0 Å². The minimum absolute atomic E-state index is 0.432. The molecule has 15 heavy (non-hydrogen) atoms. The maximum atomic E-state index is 10.5. The van der Waals surface area contributed by atoms with Crippen molar-refractivity contribution in [2.45, 2.75) is 32.4 Å². The molecule has 0 saturated carbocycles. The second kappa shape index (κ2) is 4.14. The molecule has 0 aromatic carbocycles. The zero-order valence-corrected chi connectivity index (χ0v) is 9.26. The van der Waals surface area contributed by atoms with Crippen LogP contribution >= 0.6 is 0 Å². The van der Waals surface area contributed by atoms with Gasteiger partial charge in [-0.2, -0.15) is 5.10 Å². The second-order valence-corrected chi connectivity index (χ2v) is 4.40. The Labute approximate surface area is 89.9 Å². The molecule has 1 aliphatic heterocycles. The molecular weight excluding hydrogens is 190 g/mol. The molecule has 82 valence electrons. The highest BCUT2D eigenvalue weighted by Crippen LogP contribution is 2.22. The van der Waals surface area contributed by atoms with Crippen LogP contribution in [-0.4, -0.2) is 40.1 Å². The topological polar surface area (TPSA) is 38.1 Å². The van der Waals surface area contributed by atoms with Gasteiger partial charge in [-0.25, -0.2) is 0 Å². The van der Waals surface area contributed by atoms with E-state index in [1.54, 1.807) is 6.20 Å². The standard InChI is InChI=1S/C11H17N3O/c1-9(2)13-4-3-11(7-13)14-6-10(8-15)5-12-14/h5-6,8-9,11H,3-4,7H2,1-2H3. The van der Waals surface area contributed by atoms with E-state index in [0.717, 1.165) is 25.8 Å². The first-order valence-corrected chi connectivity index (χ1v) is 5.44. The van der Waals surface area contributed by atoms with Crippen LogP contribution in [-0.2, 0) is 0 Å². The van der Waals surface area contributed by atoms with Crippen LogP contribution in [0.5, 0.6) is 0 Å². The lowest BCUT2D eigenvalue weighted by Gasteiger charge is -2.20. The molecule has 4 heteroatoms. The molecule has 0 radical (unpaired) electrons. The Morgan fingerprint density at radius 2 is 2.40 bits per heavy atom. The summed E-state index contributed by atoms with van der Waals surface area (Å²) in [7, 11) is 0. The summed E-state index contributed by atoms with van der Waals surface area (Å²) < 4.78 is 1.92. The summed E-state index contributed by atoms with van der Waals surface area (Å²) in [5.74, 6) is 0. The van der Waals surface area contributed by atoms with E-state index in [0.29, 0.717) is 17.6 Å². The first kappa shape index (κ1) is 10.4. The number of carbonyl (C=O) groups is 1. The van der Waals surface area contributed by atoms with Crippen LogP contribution in [0.3, 0.4) is 0 Å². The molecule has 1 atom stereocenters. The first-order chi connectivity index (χ1) is 7.20. The smallest absolute Gasteiger partial charge is 0.153 e. The molecule has 1 fully saturated rings. The van der Waals surface area contributed by atoms with Crippen molar-refractivity contribution in [2.24, 2.45) is 0 Å². The number of rotatable bonds is 3. The molecule has 1 aliphatic rings. The van der Waals surface area contributed by atoms with Gasteiger partial charge in [-0.3, -0.25) is 14.4 Å². The molecule has 2 rings (SSSR count). The third kappa shape index (κ3) is 2.09. The van der Waals surface area contributed by atoms with Crippen molar-refractivity contribution in [3.63, 3.8) is 0 Å². The zero-order valence-electron chi connectivity index (χ0n) is 9.26. The fraction of sp³-hybridized carbons (Fsp3) is 0.636. The Morgan fingerprint density at radius 3 is 2.93 bits per heavy atom. The minimum atomic E-state index is 0.432. The Kier molecular flexibility index (Phi) is 2.86. The SMILES string of the molecule is CC(C)N1CCC(n2cc(C=O)cn2)C1. The second-order valence-electron chi connectivity index (χ2n) is 4.40. The van der Waals surface area contributed by atoms with Crippen LogP contribution in [0, 0.1) is 0 Å². The first-order valence-electron chi connectivity index (χ1n) is 5.44. The van der Waals surface area contributed by atoms with Gasteiger partial charge < -0.3 is 0 Å². The summed E-state index contributed by atoms with van der Waals surface area (Å²) in [5, 5.41) is 4.22. The Morgan fingerprint density at radius 1 is 1.60 bits per heavy atom. The third-order valence-electron chi connectivity index (χ3n) is 3.06. The number of aldehydes is 1. The molecule has 0 bridgehead atoms. The molecule has 1 aromatic heterocycles. The maximum absolute atomic E-state index is 10.5. The van der Waals surface area contributed by atoms with Crippen LogP contribution in [0.15, 0.2) is 12.4 Å². The molecule has 0 spiro atoms. The van der Waals surface area contributed by atoms with E-state index in [1.807, 2.05) is 10.9 Å². The highest BCUT2D eigenvalue weighted by atomic mass is 16.1. The lowest BCUT2D eigenvalue weighted by atomic mass is 10.3. The van der Waals surface area contributed by atoms with Crippen LogP contribution in [0.2, 0.25) is 0 Å². The monoisotopic (exact) mass is 207 g/mol. The van der Waals surface area contributed by atoms with Crippen molar-refractivity contribution in [1.82, 2.24) is 14.7 Å². The third-order valence-corrected chi connectivity index (χ3v) is 3.06. The molecule has 0 aliphatic carbocycles. The number of aromatic nitrogens is 2. The Hall–Kier alpha value is -1.16. The van der Waals surface area contributed by atoms with Gasteiger partial charge in [-0.15, -0.1) is 0 Å². The fourth-order valence-electron chi connectivity index (χ4n) is 2.07. The van der Waals surface area contributed by atoms with Gasteiger partial charge in [-0.05, 0) is 20.3 Å². The van der Waals surface area contributed by atoms with Gasteiger partial charge in [0.25, 0.3) is 0 Å². The van der Waals surface area contributed by atoms with Gasteiger partial charge in [0.2, 0.25) is 0 Å². The van der Waals surface area contributed by atoms with Gasteiger partial charge in [-0.1, -0.05) is 0 Å². The van der Waals surface area contributed by atoms with Crippen molar-refractivity contribution in [2.75, 3.05) is 13.1 Å². The highest BCUT2D eigenvalue weighted by molar-refractivity contribution is 5.73. The Balaban J connectivity index is 2.04. The van der Waals surface area contributed by atoms with Crippen LogP contribution in [0.4, 0.5) is 0 Å². The van der Waals surface area contributed by atoms with E-state index in [1.165, 1.54) is 0 Å². The molecule has 1 saturated heterocycles. The van der Waals surface area contributed by atoms with Crippen molar-refractivity contribution in [3.8, 4) is 0 Å². The van der Waals surface area contributed by atoms with Crippen LogP contribution in [0.25, 0.3) is 0 Å². The number of hydrogen-bond acceptors (Lipinski definition) is 3. The summed E-state index contributed by atoms with van der Waals surface area (Å²) in [6, 6.07) is 1.03. The average Bonchev–Trinajstić information content (AvgIpc) is 2.86. The van der Waals surface area contributed by atoms with Crippen molar-refractivity contribution < 1.29 is 4.79 Å². The molecule has 0 amide bonds. The molecule has 4 nitrogen and oxygen atoms in total. The van der Waals surface area contributed by atoms with Gasteiger partial charge in [0.1, 0.15) is 0 Å². The molecular formula is C11H17N3O. The minimum Gasteiger partial charge on any atom is -0.299 e. The zero-order chi connectivity index (χ0) is 10.8. The summed E-state index contributed by atoms with van der Waals surface area (Å²) in [6.07, 6.45) is 5.43. The highest BCUT2D eigenvalue weighted by Gasteiger charge is 2.25. The lowest BCUT2D eigenvalue weighted by molar-refractivity contribution is 0.112. The maximum Gasteiger partial charge on any atom is 0.153 e. The van der Waals surface area contributed by atoms with E-state index in [9.17, 15) is 4.79 Å². The Bertz CT molecular complexity index is 345. The number of nitrogens with zero attached hydrogens (tertiary/aromatic N) is 3. The van der Waals surface area contributed by atoms with Crippen molar-refractivity contribution in [3.05, 3.63) is 18.0 Å². The quantitative estimate of drug-likeness (QED) is 0.702. The molecule has 2 heterocycles.